The second-order valence-corrected chi connectivity index (χ2v) is 6.04. The predicted octanol–water partition coefficient (Wildman–Crippen LogP) is 3.07. The van der Waals surface area contributed by atoms with Crippen molar-refractivity contribution in [2.24, 2.45) is 0 Å². The van der Waals surface area contributed by atoms with Crippen LogP contribution in [0.1, 0.15) is 37.7 Å². The lowest BCUT2D eigenvalue weighted by molar-refractivity contribution is 0.135. The molecule has 2 nitrogen and oxygen atoms in total. The van der Waals surface area contributed by atoms with E-state index in [0.29, 0.717) is 24.2 Å². The second-order valence-electron chi connectivity index (χ2n) is 6.04. The van der Waals surface area contributed by atoms with Gasteiger partial charge in [0, 0.05) is 30.7 Å². The summed E-state index contributed by atoms with van der Waals surface area (Å²) < 4.78 is 27.0. The highest BCUT2D eigenvalue weighted by atomic mass is 19.1. The molecular weight excluding hydrogens is 258 g/mol. The van der Waals surface area contributed by atoms with Gasteiger partial charge in [0.15, 0.2) is 0 Å². The summed E-state index contributed by atoms with van der Waals surface area (Å²) in [5.41, 5.74) is 0.475. The highest BCUT2D eigenvalue weighted by Crippen LogP contribution is 2.23. The van der Waals surface area contributed by atoms with E-state index in [1.165, 1.54) is 37.5 Å². The number of hydrogen-bond acceptors (Lipinski definition) is 2. The fraction of sp³-hybridized carbons (Fsp3) is 0.625. The number of halogens is 2. The molecule has 1 N–H and O–H groups in total. The van der Waals surface area contributed by atoms with Gasteiger partial charge < -0.3 is 5.32 Å². The minimum absolute atomic E-state index is 0.300. The highest BCUT2D eigenvalue weighted by molar-refractivity contribution is 5.18. The quantitative estimate of drug-likeness (QED) is 0.891. The maximum Gasteiger partial charge on any atom is 0.127 e. The number of rotatable bonds is 5. The third-order valence-corrected chi connectivity index (χ3v) is 4.35. The van der Waals surface area contributed by atoms with E-state index >= 15 is 0 Å². The Balaban J connectivity index is 1.64. The monoisotopic (exact) mass is 280 g/mol. The molecule has 0 radical (unpaired) electrons. The van der Waals surface area contributed by atoms with Crippen molar-refractivity contribution < 1.29 is 8.78 Å². The summed E-state index contributed by atoms with van der Waals surface area (Å²) in [6.45, 7) is 2.47. The van der Waals surface area contributed by atoms with Crippen LogP contribution in [-0.2, 0) is 6.54 Å². The summed E-state index contributed by atoms with van der Waals surface area (Å²) in [7, 11) is 0. The Bertz CT molecular complexity index is 460. The third kappa shape index (κ3) is 3.55. The fourth-order valence-corrected chi connectivity index (χ4v) is 2.97. The van der Waals surface area contributed by atoms with Crippen molar-refractivity contribution in [3.8, 4) is 0 Å². The lowest BCUT2D eigenvalue weighted by Crippen LogP contribution is -2.45. The Morgan fingerprint density at radius 3 is 2.80 bits per heavy atom. The van der Waals surface area contributed by atoms with Gasteiger partial charge in [-0.15, -0.1) is 0 Å². The Morgan fingerprint density at radius 2 is 2.00 bits per heavy atom. The van der Waals surface area contributed by atoms with E-state index in [2.05, 4.69) is 10.2 Å². The van der Waals surface area contributed by atoms with Crippen LogP contribution in [0.2, 0.25) is 0 Å². The molecule has 0 amide bonds. The predicted molar refractivity (Wildman–Crippen MR) is 75.4 cm³/mol. The van der Waals surface area contributed by atoms with E-state index in [1.54, 1.807) is 0 Å². The molecule has 1 aliphatic heterocycles. The summed E-state index contributed by atoms with van der Waals surface area (Å²) in [6.07, 6.45) is 6.10. The van der Waals surface area contributed by atoms with Gasteiger partial charge in [-0.1, -0.05) is 6.42 Å². The number of nitrogens with one attached hydrogen (secondary N) is 1. The first-order valence-corrected chi connectivity index (χ1v) is 7.64. The van der Waals surface area contributed by atoms with Gasteiger partial charge in [0.05, 0.1) is 0 Å². The van der Waals surface area contributed by atoms with Crippen molar-refractivity contribution in [2.75, 3.05) is 13.1 Å². The summed E-state index contributed by atoms with van der Waals surface area (Å²) in [5, 5.41) is 3.56. The SMILES string of the molecule is Fc1ccc(F)c(CN2CCCCC2CNC2CC2)c1. The van der Waals surface area contributed by atoms with Crippen LogP contribution in [0.4, 0.5) is 8.78 Å². The van der Waals surface area contributed by atoms with Crippen molar-refractivity contribution >= 4 is 0 Å². The molecule has 1 aromatic carbocycles. The molecule has 0 aromatic heterocycles. The molecule has 1 aromatic rings. The smallest absolute Gasteiger partial charge is 0.127 e. The first-order chi connectivity index (χ1) is 9.72. The summed E-state index contributed by atoms with van der Waals surface area (Å²) in [4.78, 5) is 2.30. The zero-order valence-electron chi connectivity index (χ0n) is 11.7. The minimum Gasteiger partial charge on any atom is -0.312 e. The van der Waals surface area contributed by atoms with Crippen molar-refractivity contribution in [3.05, 3.63) is 35.4 Å². The minimum atomic E-state index is -0.355. The number of benzene rings is 1. The normalized spacial score (nSPS) is 24.0. The Labute approximate surface area is 119 Å². The molecule has 1 heterocycles. The molecule has 1 saturated heterocycles. The number of likely N-dealkylation sites (tertiary alicyclic amines) is 1. The van der Waals surface area contributed by atoms with E-state index < -0.39 is 0 Å². The molecule has 1 atom stereocenters. The molecule has 0 bridgehead atoms. The Hall–Kier alpha value is -1.00. The lowest BCUT2D eigenvalue weighted by atomic mass is 10.0. The van der Waals surface area contributed by atoms with Crippen molar-refractivity contribution in [1.29, 1.82) is 0 Å². The summed E-state index contributed by atoms with van der Waals surface area (Å²) in [5.74, 6) is -0.656. The number of hydrogen-bond donors (Lipinski definition) is 1. The molecule has 1 aliphatic carbocycles. The second kappa shape index (κ2) is 6.19. The average Bonchev–Trinajstić information content (AvgIpc) is 3.26. The summed E-state index contributed by atoms with van der Waals surface area (Å²) in [6, 6.07) is 4.89. The molecule has 2 aliphatic rings. The first kappa shape index (κ1) is 14.0. The van der Waals surface area contributed by atoms with E-state index in [0.717, 1.165) is 25.9 Å². The number of piperidine rings is 1. The third-order valence-electron chi connectivity index (χ3n) is 4.35. The molecule has 0 spiro atoms. The van der Waals surface area contributed by atoms with E-state index in [4.69, 9.17) is 0 Å². The van der Waals surface area contributed by atoms with E-state index in [9.17, 15) is 8.78 Å². The van der Waals surface area contributed by atoms with Crippen molar-refractivity contribution in [1.82, 2.24) is 10.2 Å². The van der Waals surface area contributed by atoms with Gasteiger partial charge in [-0.05, 0) is 50.4 Å². The van der Waals surface area contributed by atoms with Crippen molar-refractivity contribution in [2.45, 2.75) is 50.7 Å². The van der Waals surface area contributed by atoms with Gasteiger partial charge in [-0.2, -0.15) is 0 Å². The van der Waals surface area contributed by atoms with Gasteiger partial charge in [-0.3, -0.25) is 4.90 Å². The molecule has 1 saturated carbocycles. The average molecular weight is 280 g/mol. The zero-order valence-corrected chi connectivity index (χ0v) is 11.7. The molecule has 2 fully saturated rings. The first-order valence-electron chi connectivity index (χ1n) is 7.64. The maximum atomic E-state index is 13.8. The van der Waals surface area contributed by atoms with Gasteiger partial charge >= 0.3 is 0 Å². The topological polar surface area (TPSA) is 15.3 Å². The number of nitrogens with zero attached hydrogens (tertiary/aromatic N) is 1. The van der Waals surface area contributed by atoms with Gasteiger partial charge in [-0.25, -0.2) is 8.78 Å². The largest absolute Gasteiger partial charge is 0.312 e. The zero-order chi connectivity index (χ0) is 13.9. The van der Waals surface area contributed by atoms with Crippen LogP contribution in [0.3, 0.4) is 0 Å². The lowest BCUT2D eigenvalue weighted by Gasteiger charge is -2.36. The van der Waals surface area contributed by atoms with Crippen molar-refractivity contribution in [3.63, 3.8) is 0 Å². The van der Waals surface area contributed by atoms with E-state index in [-0.39, 0.29) is 11.6 Å². The van der Waals surface area contributed by atoms with Crippen LogP contribution >= 0.6 is 0 Å². The Kier molecular flexibility index (Phi) is 4.32. The van der Waals surface area contributed by atoms with Crippen LogP contribution in [0.5, 0.6) is 0 Å². The van der Waals surface area contributed by atoms with Crippen LogP contribution < -0.4 is 5.32 Å². The van der Waals surface area contributed by atoms with Gasteiger partial charge in [0.1, 0.15) is 11.6 Å². The van der Waals surface area contributed by atoms with Crippen LogP contribution in [-0.4, -0.2) is 30.1 Å². The molecule has 4 heteroatoms. The van der Waals surface area contributed by atoms with E-state index in [1.807, 2.05) is 0 Å². The molecule has 110 valence electrons. The maximum absolute atomic E-state index is 13.8. The molecule has 3 rings (SSSR count). The molecule has 1 unspecified atom stereocenters. The van der Waals surface area contributed by atoms with Gasteiger partial charge in [0.25, 0.3) is 0 Å². The highest BCUT2D eigenvalue weighted by Gasteiger charge is 2.26. The fourth-order valence-electron chi connectivity index (χ4n) is 2.97. The standard InChI is InChI=1S/C16H22F2N2/c17-13-4-7-16(18)12(9-13)11-20-8-2-1-3-15(20)10-19-14-5-6-14/h4,7,9,14-15,19H,1-3,5-6,8,10-11H2. The summed E-state index contributed by atoms with van der Waals surface area (Å²) >= 11 is 0. The molecular formula is C16H22F2N2. The Morgan fingerprint density at radius 1 is 1.15 bits per heavy atom. The van der Waals surface area contributed by atoms with Crippen LogP contribution in [0.25, 0.3) is 0 Å². The van der Waals surface area contributed by atoms with Crippen LogP contribution in [0, 0.1) is 11.6 Å². The molecule has 20 heavy (non-hydrogen) atoms. The van der Waals surface area contributed by atoms with Gasteiger partial charge in [0.2, 0.25) is 0 Å². The van der Waals surface area contributed by atoms with Crippen LogP contribution in [0.15, 0.2) is 18.2 Å².